The highest BCUT2D eigenvalue weighted by molar-refractivity contribution is 7.92. The van der Waals surface area contributed by atoms with E-state index in [9.17, 15) is 13.5 Å². The second-order valence-electron chi connectivity index (χ2n) is 4.60. The summed E-state index contributed by atoms with van der Waals surface area (Å²) in [5.74, 6) is 0.0235. The summed E-state index contributed by atoms with van der Waals surface area (Å²) in [7, 11) is -3.73. The lowest BCUT2D eigenvalue weighted by Gasteiger charge is -2.24. The summed E-state index contributed by atoms with van der Waals surface area (Å²) in [6.45, 7) is 3.79. The second-order valence-corrected chi connectivity index (χ2v) is 6.90. The summed E-state index contributed by atoms with van der Waals surface area (Å²) in [4.78, 5) is 0.125. The minimum absolute atomic E-state index is 0.0235. The first-order valence-electron chi connectivity index (χ1n) is 6.44. The number of aromatic hydroxyl groups is 1. The Hall–Kier alpha value is -1.72. The third-order valence-electron chi connectivity index (χ3n) is 3.13. The predicted octanol–water partition coefficient (Wildman–Crippen LogP) is 3.57. The Morgan fingerprint density at radius 3 is 2.52 bits per heavy atom. The first-order chi connectivity index (χ1) is 9.86. The third kappa shape index (κ3) is 3.14. The average molecular weight is 326 g/mol. The number of benzene rings is 2. The molecule has 2 aromatic rings. The van der Waals surface area contributed by atoms with Gasteiger partial charge in [0.05, 0.1) is 10.6 Å². The molecule has 0 fully saturated rings. The maximum Gasteiger partial charge on any atom is 0.264 e. The van der Waals surface area contributed by atoms with Crippen LogP contribution in [0.3, 0.4) is 0 Å². The van der Waals surface area contributed by atoms with Crippen LogP contribution in [-0.2, 0) is 10.0 Å². The fourth-order valence-electron chi connectivity index (χ4n) is 2.09. The van der Waals surface area contributed by atoms with Crippen LogP contribution in [0.4, 0.5) is 5.69 Å². The van der Waals surface area contributed by atoms with Gasteiger partial charge in [-0.25, -0.2) is 8.42 Å². The van der Waals surface area contributed by atoms with Gasteiger partial charge in [0.15, 0.2) is 0 Å². The highest BCUT2D eigenvalue weighted by atomic mass is 35.5. The van der Waals surface area contributed by atoms with Crippen molar-refractivity contribution in [2.45, 2.75) is 18.7 Å². The van der Waals surface area contributed by atoms with Gasteiger partial charge in [0.1, 0.15) is 5.75 Å². The number of halogens is 1. The molecule has 6 heteroatoms. The monoisotopic (exact) mass is 325 g/mol. The van der Waals surface area contributed by atoms with E-state index in [-0.39, 0.29) is 17.2 Å². The molecule has 112 valence electrons. The van der Waals surface area contributed by atoms with Crippen LogP contribution in [0.2, 0.25) is 5.02 Å². The average Bonchev–Trinajstić information content (AvgIpc) is 2.43. The largest absolute Gasteiger partial charge is 0.508 e. The van der Waals surface area contributed by atoms with Gasteiger partial charge < -0.3 is 5.11 Å². The number of nitrogens with zero attached hydrogens (tertiary/aromatic N) is 1. The number of rotatable bonds is 4. The van der Waals surface area contributed by atoms with Crippen LogP contribution in [0.25, 0.3) is 0 Å². The molecule has 0 saturated carbocycles. The van der Waals surface area contributed by atoms with Crippen LogP contribution in [0.5, 0.6) is 5.75 Å². The third-order valence-corrected chi connectivity index (χ3v) is 5.25. The van der Waals surface area contributed by atoms with E-state index < -0.39 is 10.0 Å². The Balaban J connectivity index is 2.57. The first kappa shape index (κ1) is 15.7. The van der Waals surface area contributed by atoms with Gasteiger partial charge in [0, 0.05) is 17.6 Å². The molecule has 1 N–H and O–H groups in total. The lowest BCUT2D eigenvalue weighted by molar-refractivity contribution is 0.475. The molecular formula is C15H16ClNO3S. The lowest BCUT2D eigenvalue weighted by atomic mass is 10.2. The summed E-state index contributed by atoms with van der Waals surface area (Å²) >= 11 is 5.88. The number of phenolic OH excluding ortho intramolecular Hbond substituents is 1. The molecule has 0 amide bonds. The van der Waals surface area contributed by atoms with Crippen molar-refractivity contribution in [2.24, 2.45) is 0 Å². The van der Waals surface area contributed by atoms with E-state index in [1.165, 1.54) is 28.6 Å². The van der Waals surface area contributed by atoms with Crippen molar-refractivity contribution in [3.63, 3.8) is 0 Å². The quantitative estimate of drug-likeness (QED) is 0.935. The van der Waals surface area contributed by atoms with Gasteiger partial charge in [-0.3, -0.25) is 4.31 Å². The Morgan fingerprint density at radius 2 is 1.90 bits per heavy atom. The molecule has 0 aromatic heterocycles. The van der Waals surface area contributed by atoms with Gasteiger partial charge in [-0.1, -0.05) is 23.7 Å². The Morgan fingerprint density at radius 1 is 1.19 bits per heavy atom. The molecule has 0 heterocycles. The van der Waals surface area contributed by atoms with Crippen LogP contribution in [0.1, 0.15) is 12.5 Å². The normalized spacial score (nSPS) is 11.4. The van der Waals surface area contributed by atoms with Crippen LogP contribution < -0.4 is 4.31 Å². The second kappa shape index (κ2) is 5.95. The number of phenols is 1. The highest BCUT2D eigenvalue weighted by Crippen LogP contribution is 2.30. The van der Waals surface area contributed by atoms with E-state index in [0.717, 1.165) is 5.56 Å². The number of hydrogen-bond acceptors (Lipinski definition) is 3. The van der Waals surface area contributed by atoms with Crippen molar-refractivity contribution < 1.29 is 13.5 Å². The van der Waals surface area contributed by atoms with Gasteiger partial charge in [0.25, 0.3) is 10.0 Å². The van der Waals surface area contributed by atoms with Crippen molar-refractivity contribution in [1.29, 1.82) is 0 Å². The Labute approximate surface area is 129 Å². The summed E-state index contributed by atoms with van der Waals surface area (Å²) in [6, 6.07) is 10.8. The predicted molar refractivity (Wildman–Crippen MR) is 84.5 cm³/mol. The van der Waals surface area contributed by atoms with Crippen LogP contribution in [0.15, 0.2) is 47.4 Å². The fraction of sp³-hybridized carbons (Fsp3) is 0.200. The molecular weight excluding hydrogens is 310 g/mol. The van der Waals surface area contributed by atoms with Crippen molar-refractivity contribution >= 4 is 27.3 Å². The van der Waals surface area contributed by atoms with Crippen molar-refractivity contribution in [2.75, 3.05) is 10.8 Å². The zero-order valence-electron chi connectivity index (χ0n) is 11.7. The van der Waals surface area contributed by atoms with Crippen molar-refractivity contribution in [3.05, 3.63) is 53.1 Å². The fourth-order valence-corrected chi connectivity index (χ4v) is 3.92. The first-order valence-corrected chi connectivity index (χ1v) is 8.26. The van der Waals surface area contributed by atoms with Crippen molar-refractivity contribution in [1.82, 2.24) is 0 Å². The van der Waals surface area contributed by atoms with Gasteiger partial charge >= 0.3 is 0 Å². The molecule has 0 saturated heterocycles. The zero-order valence-corrected chi connectivity index (χ0v) is 13.3. The van der Waals surface area contributed by atoms with Crippen LogP contribution in [0, 0.1) is 6.92 Å². The lowest BCUT2D eigenvalue weighted by Crippen LogP contribution is -2.31. The maximum absolute atomic E-state index is 12.8. The minimum Gasteiger partial charge on any atom is -0.508 e. The summed E-state index contributed by atoms with van der Waals surface area (Å²) < 4.78 is 26.8. The van der Waals surface area contributed by atoms with Gasteiger partial charge in [-0.05, 0) is 43.7 Å². The molecule has 0 bridgehead atoms. The number of hydrogen-bond donors (Lipinski definition) is 1. The van der Waals surface area contributed by atoms with Crippen molar-refractivity contribution in [3.8, 4) is 5.75 Å². The number of aryl methyl sites for hydroxylation is 1. The maximum atomic E-state index is 12.8. The Bertz CT molecular complexity index is 759. The molecule has 0 spiro atoms. The summed E-state index contributed by atoms with van der Waals surface area (Å²) in [5, 5.41) is 9.98. The molecule has 2 aromatic carbocycles. The highest BCUT2D eigenvalue weighted by Gasteiger charge is 2.25. The van der Waals surface area contributed by atoms with E-state index in [0.29, 0.717) is 10.7 Å². The molecule has 21 heavy (non-hydrogen) atoms. The van der Waals surface area contributed by atoms with Gasteiger partial charge in [-0.15, -0.1) is 0 Å². The van der Waals surface area contributed by atoms with E-state index in [2.05, 4.69) is 0 Å². The topological polar surface area (TPSA) is 57.6 Å². The smallest absolute Gasteiger partial charge is 0.264 e. The summed E-state index contributed by atoms with van der Waals surface area (Å²) in [5.41, 5.74) is 1.22. The summed E-state index contributed by atoms with van der Waals surface area (Å²) in [6.07, 6.45) is 0. The van der Waals surface area contributed by atoms with Crippen LogP contribution in [-0.4, -0.2) is 20.1 Å². The molecule has 0 unspecified atom stereocenters. The Kier molecular flexibility index (Phi) is 4.44. The standard InChI is InChI=1S/C15H16ClNO3S/c1-3-17(15-10-13(18)8-7-11(15)2)21(19,20)14-6-4-5-12(16)9-14/h4-10,18H,3H2,1-2H3. The SMILES string of the molecule is CCN(c1cc(O)ccc1C)S(=O)(=O)c1cccc(Cl)c1. The van der Waals surface area contributed by atoms with Gasteiger partial charge in [-0.2, -0.15) is 0 Å². The molecule has 0 atom stereocenters. The van der Waals surface area contributed by atoms with E-state index in [4.69, 9.17) is 11.6 Å². The molecule has 0 aliphatic carbocycles. The number of anilines is 1. The zero-order chi connectivity index (χ0) is 15.6. The molecule has 0 aliphatic rings. The van der Waals surface area contributed by atoms with E-state index in [1.807, 2.05) is 0 Å². The minimum atomic E-state index is -3.73. The van der Waals surface area contributed by atoms with Gasteiger partial charge in [0.2, 0.25) is 0 Å². The molecule has 0 aliphatic heterocycles. The van der Waals surface area contributed by atoms with E-state index in [1.54, 1.807) is 32.0 Å². The molecule has 4 nitrogen and oxygen atoms in total. The number of sulfonamides is 1. The molecule has 0 radical (unpaired) electrons. The van der Waals surface area contributed by atoms with Crippen LogP contribution >= 0.6 is 11.6 Å². The van der Waals surface area contributed by atoms with E-state index >= 15 is 0 Å². The molecule has 2 rings (SSSR count).